The Morgan fingerprint density at radius 1 is 0.387 bits per heavy atom. The molecule has 8 nitrogen and oxygen atoms in total. The minimum atomic E-state index is -4.59. The second-order valence-electron chi connectivity index (χ2n) is 28.0. The average Bonchev–Trinajstić information content (AvgIpc) is 2.75. The summed E-state index contributed by atoms with van der Waals surface area (Å²) in [6.07, 6.45) is 108. The molecular formula is C84H153N2O6P. The Morgan fingerprint density at radius 3 is 0.957 bits per heavy atom. The Kier molecular flexibility index (Phi) is 71.2. The van der Waals surface area contributed by atoms with Crippen LogP contribution >= 0.6 is 7.82 Å². The number of nitrogens with one attached hydrogen (secondary N) is 1. The number of carbonyl (C=O) groups is 1. The van der Waals surface area contributed by atoms with Crippen molar-refractivity contribution in [1.29, 1.82) is 0 Å². The maximum absolute atomic E-state index is 13.1. The number of hydrogen-bond acceptors (Lipinski definition) is 6. The van der Waals surface area contributed by atoms with E-state index >= 15 is 0 Å². The smallest absolute Gasteiger partial charge is 0.268 e. The number of likely N-dealkylation sites (N-methyl/N-ethyl adjacent to an activating group) is 1. The lowest BCUT2D eigenvalue weighted by molar-refractivity contribution is -0.870. The van der Waals surface area contributed by atoms with Crippen molar-refractivity contribution in [3.63, 3.8) is 0 Å². The van der Waals surface area contributed by atoms with Crippen LogP contribution in [0.25, 0.3) is 0 Å². The molecule has 0 aliphatic carbocycles. The molecule has 540 valence electrons. The molecule has 0 spiro atoms. The van der Waals surface area contributed by atoms with Gasteiger partial charge >= 0.3 is 0 Å². The summed E-state index contributed by atoms with van der Waals surface area (Å²) in [5.41, 5.74) is 0. The number of aliphatic hydroxyl groups is 1. The van der Waals surface area contributed by atoms with Crippen molar-refractivity contribution in [2.75, 3.05) is 40.9 Å². The van der Waals surface area contributed by atoms with Gasteiger partial charge in [0.1, 0.15) is 13.2 Å². The SMILES string of the molecule is CC/C=C\C/C=C\C/C=C\C/C=C\C/C=C\C/C=C\C/C=C\C/C=C\C/C=C\CCCCCCCCCCCCCCCC(=O)NC(COP(=O)([O-])OCC[N+](C)(C)C)C(O)CCCCCCCCCCCCCCCCCCCCCCCCCCCCCCCC. The van der Waals surface area contributed by atoms with Crippen LogP contribution in [-0.4, -0.2) is 68.5 Å². The van der Waals surface area contributed by atoms with Gasteiger partial charge < -0.3 is 28.8 Å². The maximum atomic E-state index is 13.1. The van der Waals surface area contributed by atoms with Gasteiger partial charge in [0.05, 0.1) is 39.9 Å². The number of nitrogens with zero attached hydrogens (tertiary/aromatic N) is 1. The predicted molar refractivity (Wildman–Crippen MR) is 408 cm³/mol. The van der Waals surface area contributed by atoms with E-state index in [1.54, 1.807) is 0 Å². The molecule has 0 aromatic heterocycles. The van der Waals surface area contributed by atoms with Crippen LogP contribution in [0.4, 0.5) is 0 Å². The van der Waals surface area contributed by atoms with Crippen LogP contribution in [0.3, 0.4) is 0 Å². The third-order valence-corrected chi connectivity index (χ3v) is 18.7. The zero-order valence-corrected chi connectivity index (χ0v) is 62.8. The standard InChI is InChI=1S/C84H153N2O6P/c1-6-8-10-12-14-16-18-20-22-24-26-28-30-32-34-36-38-39-40-41-42-43-44-45-46-47-48-50-52-54-56-58-60-62-64-66-68-70-72-74-76-78-84(88)85-82(81-92-93(89,90)91-80-79-86(3,4)5)83(87)77-75-73-71-69-67-65-63-61-59-57-55-53-51-49-37-35-33-31-29-27-25-23-21-19-17-15-13-11-9-7-2/h8,10,14,16,20,22,26,28,32,34,38-39,41-42,44-45,47-48,82-83,87H,6-7,9,11-13,15,17-19,21,23-25,27,29-31,33,35-37,40,43,46,49-81H2,1-5H3,(H-,85,88,89,90)/b10-8-,16-14-,22-20-,28-26-,34-32-,39-38-,42-41-,45-44-,48-47-. The summed E-state index contributed by atoms with van der Waals surface area (Å²) >= 11 is 0. The van der Waals surface area contributed by atoms with E-state index in [9.17, 15) is 19.4 Å². The zero-order chi connectivity index (χ0) is 67.6. The van der Waals surface area contributed by atoms with Gasteiger partial charge in [-0.1, -0.05) is 386 Å². The summed E-state index contributed by atoms with van der Waals surface area (Å²) in [4.78, 5) is 25.7. The molecule has 0 aromatic rings. The van der Waals surface area contributed by atoms with E-state index in [-0.39, 0.29) is 19.1 Å². The van der Waals surface area contributed by atoms with E-state index in [4.69, 9.17) is 9.05 Å². The lowest BCUT2D eigenvalue weighted by atomic mass is 10.0. The van der Waals surface area contributed by atoms with Gasteiger partial charge in [-0.25, -0.2) is 0 Å². The largest absolute Gasteiger partial charge is 0.756 e. The highest BCUT2D eigenvalue weighted by atomic mass is 31.2. The van der Waals surface area contributed by atoms with Crippen molar-refractivity contribution < 1.29 is 32.9 Å². The maximum Gasteiger partial charge on any atom is 0.268 e. The minimum absolute atomic E-state index is 0.00938. The van der Waals surface area contributed by atoms with Crippen LogP contribution in [0, 0.1) is 0 Å². The van der Waals surface area contributed by atoms with Crippen LogP contribution < -0.4 is 10.2 Å². The molecule has 9 heteroatoms. The number of phosphoric ester groups is 1. The molecule has 93 heavy (non-hydrogen) atoms. The van der Waals surface area contributed by atoms with E-state index in [0.717, 1.165) is 96.3 Å². The summed E-state index contributed by atoms with van der Waals surface area (Å²) < 4.78 is 23.6. The highest BCUT2D eigenvalue weighted by Gasteiger charge is 2.24. The number of allylic oxidation sites excluding steroid dienone is 18. The number of rotatable bonds is 73. The first-order valence-corrected chi connectivity index (χ1v) is 41.2. The second kappa shape index (κ2) is 73.4. The van der Waals surface area contributed by atoms with Gasteiger partial charge in [-0.3, -0.25) is 9.36 Å². The fraction of sp³-hybridized carbons (Fsp3) is 0.774. The van der Waals surface area contributed by atoms with Gasteiger partial charge in [0.25, 0.3) is 7.82 Å². The molecule has 0 heterocycles. The average molecular weight is 1320 g/mol. The molecule has 0 rings (SSSR count). The highest BCUT2D eigenvalue weighted by Crippen LogP contribution is 2.38. The van der Waals surface area contributed by atoms with Gasteiger partial charge in [0.2, 0.25) is 5.91 Å². The number of hydrogen-bond donors (Lipinski definition) is 2. The Labute approximate surface area is 578 Å². The fourth-order valence-electron chi connectivity index (χ4n) is 11.7. The van der Waals surface area contributed by atoms with E-state index in [1.807, 2.05) is 21.1 Å². The van der Waals surface area contributed by atoms with Crippen LogP contribution in [0.15, 0.2) is 109 Å². The first-order valence-electron chi connectivity index (χ1n) is 39.7. The lowest BCUT2D eigenvalue weighted by Gasteiger charge is -2.30. The Morgan fingerprint density at radius 2 is 0.656 bits per heavy atom. The molecule has 0 bridgehead atoms. The van der Waals surface area contributed by atoms with E-state index in [1.165, 1.54) is 244 Å². The van der Waals surface area contributed by atoms with E-state index in [0.29, 0.717) is 23.9 Å². The van der Waals surface area contributed by atoms with Crippen molar-refractivity contribution in [2.45, 2.75) is 379 Å². The molecule has 0 aliphatic heterocycles. The van der Waals surface area contributed by atoms with Crippen molar-refractivity contribution in [3.8, 4) is 0 Å². The molecule has 0 radical (unpaired) electrons. The van der Waals surface area contributed by atoms with Crippen molar-refractivity contribution >= 4 is 13.7 Å². The van der Waals surface area contributed by atoms with Gasteiger partial charge in [0, 0.05) is 6.42 Å². The molecule has 0 aliphatic rings. The minimum Gasteiger partial charge on any atom is -0.756 e. The number of carbonyl (C=O) groups excluding carboxylic acids is 1. The van der Waals surface area contributed by atoms with Crippen molar-refractivity contribution in [2.24, 2.45) is 0 Å². The summed E-state index contributed by atoms with van der Waals surface area (Å²) in [5, 5.41) is 14.1. The van der Waals surface area contributed by atoms with Gasteiger partial charge in [-0.2, -0.15) is 0 Å². The molecule has 0 fully saturated rings. The van der Waals surface area contributed by atoms with E-state index < -0.39 is 20.0 Å². The molecule has 3 unspecified atom stereocenters. The van der Waals surface area contributed by atoms with Crippen molar-refractivity contribution in [1.82, 2.24) is 5.32 Å². The Hall–Kier alpha value is -2.84. The summed E-state index contributed by atoms with van der Waals surface area (Å²) in [7, 11) is 1.31. The normalized spacial score (nSPS) is 14.1. The quantitative estimate of drug-likeness (QED) is 0.0272. The third kappa shape index (κ3) is 76.4. The monoisotopic (exact) mass is 1320 g/mol. The lowest BCUT2D eigenvalue weighted by Crippen LogP contribution is -2.46. The summed E-state index contributed by atoms with van der Waals surface area (Å²) in [5.74, 6) is -0.164. The molecule has 3 atom stereocenters. The summed E-state index contributed by atoms with van der Waals surface area (Å²) in [6.45, 7) is 4.65. The van der Waals surface area contributed by atoms with Crippen LogP contribution in [0.2, 0.25) is 0 Å². The molecular weight excluding hydrogens is 1160 g/mol. The van der Waals surface area contributed by atoms with Crippen LogP contribution in [0.1, 0.15) is 367 Å². The highest BCUT2D eigenvalue weighted by molar-refractivity contribution is 7.45. The van der Waals surface area contributed by atoms with Gasteiger partial charge in [0.15, 0.2) is 0 Å². The first-order chi connectivity index (χ1) is 45.5. The van der Waals surface area contributed by atoms with Gasteiger partial charge in [-0.05, 0) is 83.5 Å². The molecule has 0 saturated heterocycles. The predicted octanol–water partition coefficient (Wildman–Crippen LogP) is 25.5. The first kappa shape index (κ1) is 90.2. The van der Waals surface area contributed by atoms with Crippen LogP contribution in [-0.2, 0) is 18.4 Å². The van der Waals surface area contributed by atoms with Crippen molar-refractivity contribution in [3.05, 3.63) is 109 Å². The molecule has 0 aromatic carbocycles. The topological polar surface area (TPSA) is 108 Å². The zero-order valence-electron chi connectivity index (χ0n) is 61.9. The Bertz CT molecular complexity index is 1890. The molecule has 0 saturated carbocycles. The number of amides is 1. The number of aliphatic hydroxyl groups excluding tert-OH is 1. The number of quaternary nitrogens is 1. The van der Waals surface area contributed by atoms with Crippen LogP contribution in [0.5, 0.6) is 0 Å². The number of phosphoric acid groups is 1. The number of unbranched alkanes of at least 4 members (excludes halogenated alkanes) is 42. The fourth-order valence-corrected chi connectivity index (χ4v) is 12.4. The van der Waals surface area contributed by atoms with E-state index in [2.05, 4.69) is 129 Å². The Balaban J connectivity index is 4.00. The summed E-state index contributed by atoms with van der Waals surface area (Å²) in [6, 6.07) is -0.809. The second-order valence-corrected chi connectivity index (χ2v) is 29.5. The molecule has 1 amide bonds. The molecule has 2 N–H and O–H groups in total. The third-order valence-electron chi connectivity index (χ3n) is 17.8. The van der Waals surface area contributed by atoms with Gasteiger partial charge in [-0.15, -0.1) is 0 Å².